The van der Waals surface area contributed by atoms with Crippen LogP contribution in [-0.4, -0.2) is 26.3 Å². The molecule has 0 saturated carbocycles. The number of rotatable bonds is 5. The summed E-state index contributed by atoms with van der Waals surface area (Å²) < 4.78 is 11.2. The molecule has 2 rings (SSSR count). The Bertz CT molecular complexity index is 476. The van der Waals surface area contributed by atoms with Crippen LogP contribution in [0.1, 0.15) is 26.7 Å². The average Bonchev–Trinajstić information content (AvgIpc) is 2.94. The van der Waals surface area contributed by atoms with Gasteiger partial charge in [0.15, 0.2) is 10.7 Å². The number of benzene rings is 1. The Labute approximate surface area is 113 Å². The van der Waals surface area contributed by atoms with E-state index in [9.17, 15) is 0 Å². The van der Waals surface area contributed by atoms with E-state index in [4.69, 9.17) is 14.9 Å². The average molecular weight is 262 g/mol. The second-order valence-corrected chi connectivity index (χ2v) is 4.45. The highest BCUT2D eigenvalue weighted by Gasteiger charge is 2.24. The lowest BCUT2D eigenvalue weighted by atomic mass is 10.2. The maximum Gasteiger partial charge on any atom is 0.430 e. The first-order chi connectivity index (χ1) is 9.30. The highest BCUT2D eigenvalue weighted by Crippen LogP contribution is 2.41. The summed E-state index contributed by atoms with van der Waals surface area (Å²) >= 11 is 0. The van der Waals surface area contributed by atoms with Crippen LogP contribution in [0.4, 0.5) is 11.4 Å². The highest BCUT2D eigenvalue weighted by molar-refractivity contribution is 5.72. The molecule has 102 valence electrons. The fraction of sp³-hybridized carbons (Fsp3) is 0.571. The summed E-state index contributed by atoms with van der Waals surface area (Å²) in [6.45, 7) is 7.03. The molecule has 1 saturated heterocycles. The van der Waals surface area contributed by atoms with Crippen molar-refractivity contribution in [3.63, 3.8) is 0 Å². The Morgan fingerprint density at radius 2 is 1.74 bits per heavy atom. The van der Waals surface area contributed by atoms with Gasteiger partial charge < -0.3 is 14.4 Å². The molecule has 19 heavy (non-hydrogen) atoms. The third-order valence-electron chi connectivity index (χ3n) is 3.19. The first-order valence-electron chi connectivity index (χ1n) is 6.83. The zero-order valence-electron chi connectivity index (χ0n) is 11.6. The van der Waals surface area contributed by atoms with Gasteiger partial charge >= 0.3 is 5.69 Å². The molecule has 1 aromatic rings. The minimum Gasteiger partial charge on any atom is -0.491 e. The molecular weight excluding hydrogens is 242 g/mol. The van der Waals surface area contributed by atoms with Crippen LogP contribution in [0.3, 0.4) is 0 Å². The van der Waals surface area contributed by atoms with E-state index >= 15 is 0 Å². The first kappa shape index (κ1) is 13.5. The van der Waals surface area contributed by atoms with E-state index in [0.717, 1.165) is 24.5 Å². The number of anilines is 1. The zero-order valence-corrected chi connectivity index (χ0v) is 11.6. The van der Waals surface area contributed by atoms with Crippen molar-refractivity contribution < 1.29 is 9.47 Å². The molecule has 0 atom stereocenters. The normalized spacial score (nSPS) is 14.3. The smallest absolute Gasteiger partial charge is 0.430 e. The summed E-state index contributed by atoms with van der Waals surface area (Å²) in [5.41, 5.74) is 1.43. The molecule has 1 aliphatic heterocycles. The van der Waals surface area contributed by atoms with E-state index in [1.54, 1.807) is 6.07 Å². The molecule has 5 nitrogen and oxygen atoms in total. The molecule has 1 fully saturated rings. The molecule has 0 aliphatic carbocycles. The van der Waals surface area contributed by atoms with Gasteiger partial charge in [-0.3, -0.25) is 0 Å². The van der Waals surface area contributed by atoms with E-state index in [0.29, 0.717) is 24.7 Å². The van der Waals surface area contributed by atoms with Gasteiger partial charge in [0, 0.05) is 19.2 Å². The monoisotopic (exact) mass is 262 g/mol. The molecule has 0 amide bonds. The molecule has 0 radical (unpaired) electrons. The predicted molar refractivity (Wildman–Crippen MR) is 75.0 cm³/mol. The molecule has 5 heteroatoms. The number of hydrogen-bond donors (Lipinski definition) is 0. The molecule has 0 unspecified atom stereocenters. The van der Waals surface area contributed by atoms with Gasteiger partial charge in [-0.05, 0) is 26.7 Å². The number of ether oxygens (including phenoxy) is 2. The standard InChI is InChI=1S/C14H20N3O2/c1-3-18-13-10-12(17-7-5-6-8-17)14(19-4-2)9-11(13)16-15/h9-10H,3-8H2,1-2H3/q+1. The summed E-state index contributed by atoms with van der Waals surface area (Å²) in [6, 6.07) is 3.65. The lowest BCUT2D eigenvalue weighted by Gasteiger charge is -2.21. The van der Waals surface area contributed by atoms with Crippen LogP contribution in [-0.2, 0) is 0 Å². The van der Waals surface area contributed by atoms with Crippen LogP contribution in [0.5, 0.6) is 11.5 Å². The topological polar surface area (TPSA) is 49.9 Å². The van der Waals surface area contributed by atoms with Gasteiger partial charge in [-0.15, -0.1) is 0 Å². The molecular formula is C14H20N3O2+. The van der Waals surface area contributed by atoms with Crippen molar-refractivity contribution in [2.75, 3.05) is 31.2 Å². The van der Waals surface area contributed by atoms with Gasteiger partial charge in [0.1, 0.15) is 0 Å². The summed E-state index contributed by atoms with van der Waals surface area (Å²) in [6.07, 6.45) is 2.39. The van der Waals surface area contributed by atoms with E-state index in [2.05, 4.69) is 9.88 Å². The third kappa shape index (κ3) is 2.90. The zero-order chi connectivity index (χ0) is 13.7. The molecule has 1 heterocycles. The minimum atomic E-state index is 0.410. The Balaban J connectivity index is 2.42. The maximum absolute atomic E-state index is 9.07. The first-order valence-corrected chi connectivity index (χ1v) is 6.83. The van der Waals surface area contributed by atoms with Crippen molar-refractivity contribution in [3.8, 4) is 11.5 Å². The lowest BCUT2D eigenvalue weighted by Crippen LogP contribution is -2.18. The number of hydrogen-bond acceptors (Lipinski definition) is 4. The SMILES string of the molecule is CCOc1cc(N2CCCC2)c(OCC)cc1[N+]#N. The third-order valence-corrected chi connectivity index (χ3v) is 3.19. The number of nitrogens with zero attached hydrogens (tertiary/aromatic N) is 3. The van der Waals surface area contributed by atoms with Crippen molar-refractivity contribution >= 4 is 11.4 Å². The minimum absolute atomic E-state index is 0.410. The fourth-order valence-corrected chi connectivity index (χ4v) is 2.36. The molecule has 0 bridgehead atoms. The Morgan fingerprint density at radius 1 is 1.11 bits per heavy atom. The fourth-order valence-electron chi connectivity index (χ4n) is 2.36. The van der Waals surface area contributed by atoms with Crippen molar-refractivity contribution in [2.24, 2.45) is 0 Å². The maximum atomic E-state index is 9.07. The van der Waals surface area contributed by atoms with Crippen molar-refractivity contribution in [1.29, 1.82) is 5.39 Å². The van der Waals surface area contributed by atoms with E-state index in [1.165, 1.54) is 12.8 Å². The van der Waals surface area contributed by atoms with Crippen LogP contribution < -0.4 is 14.4 Å². The largest absolute Gasteiger partial charge is 0.491 e. The van der Waals surface area contributed by atoms with Crippen LogP contribution in [0.15, 0.2) is 12.1 Å². The molecule has 1 aromatic carbocycles. The van der Waals surface area contributed by atoms with Gasteiger partial charge in [-0.1, -0.05) is 0 Å². The van der Waals surface area contributed by atoms with Crippen LogP contribution in [0.25, 0.3) is 4.98 Å². The second-order valence-electron chi connectivity index (χ2n) is 4.45. The Kier molecular flexibility index (Phi) is 4.45. The van der Waals surface area contributed by atoms with Gasteiger partial charge in [-0.25, -0.2) is 0 Å². The van der Waals surface area contributed by atoms with E-state index in [-0.39, 0.29) is 0 Å². The van der Waals surface area contributed by atoms with Crippen molar-refractivity contribution in [1.82, 2.24) is 0 Å². The molecule has 0 N–H and O–H groups in total. The van der Waals surface area contributed by atoms with Crippen LogP contribution in [0.2, 0.25) is 0 Å². The number of diazo groups is 1. The molecule has 0 spiro atoms. The van der Waals surface area contributed by atoms with Crippen molar-refractivity contribution in [2.45, 2.75) is 26.7 Å². The molecule has 0 aromatic heterocycles. The van der Waals surface area contributed by atoms with Gasteiger partial charge in [-0.2, -0.15) is 0 Å². The Morgan fingerprint density at radius 3 is 2.32 bits per heavy atom. The molecule has 1 aliphatic rings. The predicted octanol–water partition coefficient (Wildman–Crippen LogP) is 3.57. The summed E-state index contributed by atoms with van der Waals surface area (Å²) in [5, 5.41) is 9.07. The van der Waals surface area contributed by atoms with Gasteiger partial charge in [0.05, 0.1) is 25.0 Å². The highest BCUT2D eigenvalue weighted by atomic mass is 16.5. The van der Waals surface area contributed by atoms with Crippen molar-refractivity contribution in [3.05, 3.63) is 17.1 Å². The van der Waals surface area contributed by atoms with Gasteiger partial charge in [0.2, 0.25) is 11.1 Å². The van der Waals surface area contributed by atoms with Gasteiger partial charge in [0.25, 0.3) is 0 Å². The quantitative estimate of drug-likeness (QED) is 0.761. The van der Waals surface area contributed by atoms with Crippen LogP contribution >= 0.6 is 0 Å². The summed E-state index contributed by atoms with van der Waals surface area (Å²) in [7, 11) is 0. The Hall–Kier alpha value is -1.96. The van der Waals surface area contributed by atoms with E-state index < -0.39 is 0 Å². The lowest BCUT2D eigenvalue weighted by molar-refractivity contribution is 0.332. The second kappa shape index (κ2) is 6.28. The van der Waals surface area contributed by atoms with Crippen LogP contribution in [0, 0.1) is 5.39 Å². The summed E-state index contributed by atoms with van der Waals surface area (Å²) in [5.74, 6) is 1.34. The van der Waals surface area contributed by atoms with E-state index in [1.807, 2.05) is 19.9 Å². The summed E-state index contributed by atoms with van der Waals surface area (Å²) in [4.78, 5) is 5.56.